The third-order valence-electron chi connectivity index (χ3n) is 1.64. The Morgan fingerprint density at radius 1 is 1.44 bits per heavy atom. The molecule has 1 aromatic rings. The summed E-state index contributed by atoms with van der Waals surface area (Å²) in [5.41, 5.74) is 0.358. The molecule has 0 saturated carbocycles. The van der Waals surface area contributed by atoms with Crippen molar-refractivity contribution in [3.63, 3.8) is 0 Å². The van der Waals surface area contributed by atoms with E-state index in [0.717, 1.165) is 0 Å². The zero-order valence-electron chi connectivity index (χ0n) is 8.83. The molecule has 5 nitrogen and oxygen atoms in total. The van der Waals surface area contributed by atoms with Crippen LogP contribution in [0.5, 0.6) is 0 Å². The van der Waals surface area contributed by atoms with Crippen LogP contribution in [0.2, 0.25) is 0 Å². The average molecular weight is 220 g/mol. The first-order chi connectivity index (χ1) is 7.77. The van der Waals surface area contributed by atoms with Gasteiger partial charge in [0.15, 0.2) is 0 Å². The van der Waals surface area contributed by atoms with Gasteiger partial charge in [-0.05, 0) is 19.1 Å². The largest absolute Gasteiger partial charge is 0.513 e. The molecule has 0 heterocycles. The van der Waals surface area contributed by atoms with Crippen LogP contribution in [0.4, 0.5) is 5.69 Å². The van der Waals surface area contributed by atoms with E-state index in [1.165, 1.54) is 0 Å². The van der Waals surface area contributed by atoms with Gasteiger partial charge in [0.1, 0.15) is 6.26 Å². The van der Waals surface area contributed by atoms with Gasteiger partial charge < -0.3 is 9.84 Å². The molecule has 0 saturated heterocycles. The summed E-state index contributed by atoms with van der Waals surface area (Å²) in [6.07, 6.45) is 0.574. The zero-order valence-corrected chi connectivity index (χ0v) is 8.83. The van der Waals surface area contributed by atoms with Crippen LogP contribution in [0.25, 0.3) is 0 Å². The lowest BCUT2D eigenvalue weighted by atomic mass is 10.3. The number of benzene rings is 1. The predicted octanol–water partition coefficient (Wildman–Crippen LogP) is 2.73. The Morgan fingerprint density at radius 2 is 2.12 bits per heavy atom. The lowest BCUT2D eigenvalue weighted by Gasteiger charge is -1.98. The molecule has 0 amide bonds. The fourth-order valence-corrected chi connectivity index (χ4v) is 0.931. The summed E-state index contributed by atoms with van der Waals surface area (Å²) < 4.78 is 4.66. The van der Waals surface area contributed by atoms with Gasteiger partial charge in [0, 0.05) is 0 Å². The zero-order chi connectivity index (χ0) is 11.8. The maximum absolute atomic E-state index is 11.2. The van der Waals surface area contributed by atoms with Crippen LogP contribution in [0.15, 0.2) is 52.5 Å². The van der Waals surface area contributed by atoms with Gasteiger partial charge in [-0.2, -0.15) is 5.11 Å². The number of esters is 1. The summed E-state index contributed by atoms with van der Waals surface area (Å²) in [7, 11) is 0. The molecular formula is C11H12N2O3. The van der Waals surface area contributed by atoms with Crippen LogP contribution in [-0.2, 0) is 9.53 Å². The van der Waals surface area contributed by atoms with Gasteiger partial charge >= 0.3 is 5.97 Å². The van der Waals surface area contributed by atoms with Crippen molar-refractivity contribution in [3.05, 3.63) is 42.3 Å². The van der Waals surface area contributed by atoms with Gasteiger partial charge in [-0.15, -0.1) is 5.11 Å². The second-order valence-electron chi connectivity index (χ2n) is 2.77. The number of hydrogen-bond acceptors (Lipinski definition) is 5. The minimum Gasteiger partial charge on any atom is -0.513 e. The third-order valence-corrected chi connectivity index (χ3v) is 1.64. The van der Waals surface area contributed by atoms with Crippen LogP contribution >= 0.6 is 0 Å². The molecule has 0 aromatic heterocycles. The SMILES string of the molecule is CCOC(=O)/C(=C\O)N=Nc1ccccc1. The van der Waals surface area contributed by atoms with Crippen molar-refractivity contribution in [2.75, 3.05) is 6.61 Å². The van der Waals surface area contributed by atoms with E-state index < -0.39 is 5.97 Å². The Morgan fingerprint density at radius 3 is 2.69 bits per heavy atom. The molecule has 1 aromatic carbocycles. The highest BCUT2D eigenvalue weighted by Gasteiger charge is 2.09. The van der Waals surface area contributed by atoms with E-state index in [0.29, 0.717) is 11.9 Å². The van der Waals surface area contributed by atoms with Gasteiger partial charge in [-0.25, -0.2) is 4.79 Å². The maximum Gasteiger partial charge on any atom is 0.362 e. The Labute approximate surface area is 93.1 Å². The first kappa shape index (κ1) is 11.9. The van der Waals surface area contributed by atoms with Crippen LogP contribution < -0.4 is 0 Å². The van der Waals surface area contributed by atoms with Crippen molar-refractivity contribution in [1.82, 2.24) is 0 Å². The van der Waals surface area contributed by atoms with Crippen molar-refractivity contribution in [1.29, 1.82) is 0 Å². The number of ether oxygens (including phenoxy) is 1. The molecule has 16 heavy (non-hydrogen) atoms. The van der Waals surface area contributed by atoms with Crippen molar-refractivity contribution in [2.24, 2.45) is 10.2 Å². The van der Waals surface area contributed by atoms with Gasteiger partial charge in [0.05, 0.1) is 12.3 Å². The quantitative estimate of drug-likeness (QED) is 0.367. The molecule has 0 radical (unpaired) electrons. The molecule has 84 valence electrons. The van der Waals surface area contributed by atoms with Crippen LogP contribution in [0.1, 0.15) is 6.92 Å². The summed E-state index contributed by atoms with van der Waals surface area (Å²) >= 11 is 0. The van der Waals surface area contributed by atoms with E-state index in [2.05, 4.69) is 15.0 Å². The Kier molecular flexibility index (Phi) is 4.72. The minimum absolute atomic E-state index is 0.219. The number of aliphatic hydroxyl groups is 1. The summed E-state index contributed by atoms with van der Waals surface area (Å²) in [5.74, 6) is -0.704. The van der Waals surface area contributed by atoms with Crippen molar-refractivity contribution >= 4 is 11.7 Å². The lowest BCUT2D eigenvalue weighted by Crippen LogP contribution is -2.05. The van der Waals surface area contributed by atoms with Gasteiger partial charge in [-0.1, -0.05) is 18.2 Å². The van der Waals surface area contributed by atoms with Crippen LogP contribution in [0, 0.1) is 0 Å². The monoisotopic (exact) mass is 220 g/mol. The lowest BCUT2D eigenvalue weighted by molar-refractivity contribution is -0.138. The van der Waals surface area contributed by atoms with Crippen molar-refractivity contribution < 1.29 is 14.6 Å². The van der Waals surface area contributed by atoms with Crippen molar-refractivity contribution in [3.8, 4) is 0 Å². The number of rotatable bonds is 4. The minimum atomic E-state index is -0.704. The second-order valence-corrected chi connectivity index (χ2v) is 2.77. The fourth-order valence-electron chi connectivity index (χ4n) is 0.931. The Bertz CT molecular complexity index is 399. The van der Waals surface area contributed by atoms with Gasteiger partial charge in [0.25, 0.3) is 0 Å². The molecule has 1 N–H and O–H groups in total. The Balaban J connectivity index is 2.72. The molecule has 0 bridgehead atoms. The smallest absolute Gasteiger partial charge is 0.362 e. The average Bonchev–Trinajstić information content (AvgIpc) is 2.31. The standard InChI is InChI=1S/C11H12N2O3/c1-2-16-11(15)10(8-14)13-12-9-6-4-3-5-7-9/h3-8,14H,2H2,1H3/b10-8+,13-12?. The normalized spacial score (nSPS) is 11.7. The van der Waals surface area contributed by atoms with Crippen molar-refractivity contribution in [2.45, 2.75) is 6.92 Å². The summed E-state index contributed by atoms with van der Waals surface area (Å²) in [6, 6.07) is 8.88. The van der Waals surface area contributed by atoms with Crippen LogP contribution in [-0.4, -0.2) is 17.7 Å². The molecule has 0 spiro atoms. The van der Waals surface area contributed by atoms with Gasteiger partial charge in [-0.3, -0.25) is 0 Å². The molecule has 0 atom stereocenters. The van der Waals surface area contributed by atoms with E-state index in [1.54, 1.807) is 31.2 Å². The topological polar surface area (TPSA) is 71.2 Å². The number of carbonyl (C=O) groups is 1. The summed E-state index contributed by atoms with van der Waals surface area (Å²) in [6.45, 7) is 1.89. The molecule has 0 aliphatic rings. The number of aliphatic hydroxyl groups excluding tert-OH is 1. The molecule has 5 heteroatoms. The molecule has 0 unspecified atom stereocenters. The summed E-state index contributed by atoms with van der Waals surface area (Å²) in [5, 5.41) is 16.2. The molecule has 0 aliphatic carbocycles. The van der Waals surface area contributed by atoms with Gasteiger partial charge in [0.2, 0.25) is 5.70 Å². The van der Waals surface area contributed by atoms with E-state index in [9.17, 15) is 4.79 Å². The highest BCUT2D eigenvalue weighted by atomic mass is 16.5. The third kappa shape index (κ3) is 3.53. The van der Waals surface area contributed by atoms with E-state index in [-0.39, 0.29) is 12.3 Å². The molecule has 0 fully saturated rings. The highest BCUT2D eigenvalue weighted by molar-refractivity contribution is 5.87. The molecular weight excluding hydrogens is 208 g/mol. The molecule has 1 rings (SSSR count). The Hall–Kier alpha value is -2.17. The highest BCUT2D eigenvalue weighted by Crippen LogP contribution is 2.12. The number of carbonyl (C=O) groups excluding carboxylic acids is 1. The predicted molar refractivity (Wildman–Crippen MR) is 58.3 cm³/mol. The molecule has 0 aliphatic heterocycles. The number of azo groups is 1. The number of nitrogens with zero attached hydrogens (tertiary/aromatic N) is 2. The first-order valence-electron chi connectivity index (χ1n) is 4.76. The van der Waals surface area contributed by atoms with Crippen LogP contribution in [0.3, 0.4) is 0 Å². The van der Waals surface area contributed by atoms with E-state index in [1.807, 2.05) is 6.07 Å². The maximum atomic E-state index is 11.2. The second kappa shape index (κ2) is 6.34. The van der Waals surface area contributed by atoms with E-state index in [4.69, 9.17) is 5.11 Å². The number of hydrogen-bond donors (Lipinski definition) is 1. The summed E-state index contributed by atoms with van der Waals surface area (Å²) in [4.78, 5) is 11.2. The first-order valence-corrected chi connectivity index (χ1v) is 4.76. The fraction of sp³-hybridized carbons (Fsp3) is 0.182. The van der Waals surface area contributed by atoms with E-state index >= 15 is 0 Å².